The summed E-state index contributed by atoms with van der Waals surface area (Å²) >= 11 is 0. The lowest BCUT2D eigenvalue weighted by Gasteiger charge is -2.11. The van der Waals surface area contributed by atoms with Crippen LogP contribution in [0.5, 0.6) is 0 Å². The van der Waals surface area contributed by atoms with Gasteiger partial charge in [-0.3, -0.25) is 14.8 Å². The summed E-state index contributed by atoms with van der Waals surface area (Å²) in [6, 6.07) is 4.44. The van der Waals surface area contributed by atoms with Crippen LogP contribution < -0.4 is 5.32 Å². The van der Waals surface area contributed by atoms with Crippen molar-refractivity contribution in [2.24, 2.45) is 7.05 Å². The standard InChI is InChI=1S/C19H16F3N7O3S/c1-3-33(31,32)14-8-11(18(30)25-7-5-23)10-26-15(14)17-28-27-16(29(17)2)13-9-12(4-6-24-13)19(20,21)22/h4,6,8-10H,3,7H2,1-2H3,(H,25,30). The summed E-state index contributed by atoms with van der Waals surface area (Å²) in [5.41, 5.74) is -1.29. The molecule has 1 N–H and O–H groups in total. The highest BCUT2D eigenvalue weighted by Crippen LogP contribution is 2.32. The molecule has 3 heterocycles. The average Bonchev–Trinajstić information content (AvgIpc) is 3.17. The van der Waals surface area contributed by atoms with Crippen LogP contribution in [-0.4, -0.2) is 51.4 Å². The number of aromatic nitrogens is 5. The van der Waals surface area contributed by atoms with Gasteiger partial charge >= 0.3 is 6.18 Å². The van der Waals surface area contributed by atoms with Crippen molar-refractivity contribution in [2.75, 3.05) is 12.3 Å². The maximum Gasteiger partial charge on any atom is 0.416 e. The van der Waals surface area contributed by atoms with E-state index in [-0.39, 0.29) is 45.8 Å². The second kappa shape index (κ2) is 8.94. The Labute approximate surface area is 186 Å². The van der Waals surface area contributed by atoms with Crippen LogP contribution in [-0.2, 0) is 23.1 Å². The maximum absolute atomic E-state index is 13.1. The number of amides is 1. The second-order valence-corrected chi connectivity index (χ2v) is 8.90. The minimum absolute atomic E-state index is 0.0476. The molecule has 0 radical (unpaired) electrons. The molecule has 0 fully saturated rings. The van der Waals surface area contributed by atoms with Gasteiger partial charge in [-0.2, -0.15) is 18.4 Å². The normalized spacial score (nSPS) is 11.8. The van der Waals surface area contributed by atoms with E-state index in [1.165, 1.54) is 18.5 Å². The lowest BCUT2D eigenvalue weighted by molar-refractivity contribution is -0.137. The van der Waals surface area contributed by atoms with Gasteiger partial charge in [0.15, 0.2) is 21.5 Å². The van der Waals surface area contributed by atoms with Crippen molar-refractivity contribution in [1.29, 1.82) is 5.26 Å². The summed E-state index contributed by atoms with van der Waals surface area (Å²) in [4.78, 5) is 19.8. The van der Waals surface area contributed by atoms with Gasteiger partial charge in [-0.1, -0.05) is 6.92 Å². The SMILES string of the molecule is CCS(=O)(=O)c1cc(C(=O)NCC#N)cnc1-c1nnc(-c2cc(C(F)(F)F)ccn2)n1C. The van der Waals surface area contributed by atoms with E-state index in [0.717, 1.165) is 30.6 Å². The quantitative estimate of drug-likeness (QED) is 0.529. The van der Waals surface area contributed by atoms with E-state index in [0.29, 0.717) is 0 Å². The number of nitrogens with one attached hydrogen (secondary N) is 1. The third-order valence-corrected chi connectivity index (χ3v) is 6.30. The number of rotatable bonds is 6. The molecule has 0 unspecified atom stereocenters. The molecular formula is C19H16F3N7O3S. The van der Waals surface area contributed by atoms with Crippen molar-refractivity contribution in [3.63, 3.8) is 0 Å². The molecule has 172 valence electrons. The molecule has 3 aromatic heterocycles. The van der Waals surface area contributed by atoms with Crippen molar-refractivity contribution in [1.82, 2.24) is 30.0 Å². The van der Waals surface area contributed by atoms with Crippen LogP contribution in [0, 0.1) is 11.3 Å². The molecular weight excluding hydrogens is 463 g/mol. The van der Waals surface area contributed by atoms with Gasteiger partial charge in [0.1, 0.15) is 17.9 Å². The molecule has 0 saturated carbocycles. The largest absolute Gasteiger partial charge is 0.416 e. The molecule has 0 aliphatic carbocycles. The molecule has 0 saturated heterocycles. The van der Waals surface area contributed by atoms with Crippen molar-refractivity contribution >= 4 is 15.7 Å². The number of nitriles is 1. The number of nitrogens with zero attached hydrogens (tertiary/aromatic N) is 6. The molecule has 3 aromatic rings. The van der Waals surface area contributed by atoms with Crippen LogP contribution in [0.4, 0.5) is 13.2 Å². The van der Waals surface area contributed by atoms with E-state index in [4.69, 9.17) is 5.26 Å². The number of carbonyl (C=O) groups excluding carboxylic acids is 1. The molecule has 1 amide bonds. The molecule has 10 nitrogen and oxygen atoms in total. The first-order valence-corrected chi connectivity index (χ1v) is 11.0. The lowest BCUT2D eigenvalue weighted by Crippen LogP contribution is -2.24. The number of alkyl halides is 3. The molecule has 0 atom stereocenters. The fourth-order valence-electron chi connectivity index (χ4n) is 2.84. The van der Waals surface area contributed by atoms with Crippen molar-refractivity contribution < 1.29 is 26.4 Å². The average molecular weight is 479 g/mol. The number of hydrogen-bond donors (Lipinski definition) is 1. The highest BCUT2D eigenvalue weighted by molar-refractivity contribution is 7.91. The molecule has 3 rings (SSSR count). The summed E-state index contributed by atoms with van der Waals surface area (Å²) in [6.07, 6.45) is -2.51. The Morgan fingerprint density at radius 1 is 1.21 bits per heavy atom. The highest BCUT2D eigenvalue weighted by atomic mass is 32.2. The van der Waals surface area contributed by atoms with Crippen molar-refractivity contribution in [2.45, 2.75) is 18.0 Å². The molecule has 0 bridgehead atoms. The van der Waals surface area contributed by atoms with Gasteiger partial charge < -0.3 is 9.88 Å². The van der Waals surface area contributed by atoms with Gasteiger partial charge in [0.25, 0.3) is 5.91 Å². The molecule has 0 aliphatic rings. The van der Waals surface area contributed by atoms with E-state index in [1.54, 1.807) is 6.07 Å². The summed E-state index contributed by atoms with van der Waals surface area (Å²) < 4.78 is 65.9. The maximum atomic E-state index is 13.1. The Balaban J connectivity index is 2.14. The minimum Gasteiger partial charge on any atom is -0.339 e. The Kier molecular flexibility index (Phi) is 6.45. The Hall–Kier alpha value is -3.86. The van der Waals surface area contributed by atoms with Crippen LogP contribution in [0.1, 0.15) is 22.8 Å². The van der Waals surface area contributed by atoms with Crippen molar-refractivity contribution in [3.8, 4) is 29.1 Å². The van der Waals surface area contributed by atoms with Crippen LogP contribution in [0.3, 0.4) is 0 Å². The van der Waals surface area contributed by atoms with Gasteiger partial charge in [-0.05, 0) is 18.2 Å². The fourth-order valence-corrected chi connectivity index (χ4v) is 3.89. The van der Waals surface area contributed by atoms with Gasteiger partial charge in [0.2, 0.25) is 0 Å². The minimum atomic E-state index is -4.59. The van der Waals surface area contributed by atoms with E-state index in [1.807, 2.05) is 0 Å². The number of hydrogen-bond acceptors (Lipinski definition) is 8. The van der Waals surface area contributed by atoms with E-state index in [9.17, 15) is 26.4 Å². The number of halogens is 3. The number of sulfone groups is 1. The monoisotopic (exact) mass is 479 g/mol. The zero-order valence-corrected chi connectivity index (χ0v) is 18.1. The first-order chi connectivity index (χ1) is 15.5. The molecule has 14 heteroatoms. The van der Waals surface area contributed by atoms with Gasteiger partial charge in [-0.15, -0.1) is 10.2 Å². The zero-order chi connectivity index (χ0) is 24.4. The van der Waals surface area contributed by atoms with E-state index < -0.39 is 27.5 Å². The van der Waals surface area contributed by atoms with Crippen LogP contribution in [0.25, 0.3) is 23.0 Å². The van der Waals surface area contributed by atoms with Crippen LogP contribution in [0.2, 0.25) is 0 Å². The molecule has 0 spiro atoms. The topological polar surface area (TPSA) is 144 Å². The van der Waals surface area contributed by atoms with Gasteiger partial charge in [0, 0.05) is 19.4 Å². The summed E-state index contributed by atoms with van der Waals surface area (Å²) in [5, 5.41) is 18.7. The summed E-state index contributed by atoms with van der Waals surface area (Å²) in [7, 11) is -2.48. The second-order valence-electron chi connectivity index (χ2n) is 6.65. The Morgan fingerprint density at radius 3 is 2.55 bits per heavy atom. The highest BCUT2D eigenvalue weighted by Gasteiger charge is 2.31. The summed E-state index contributed by atoms with van der Waals surface area (Å²) in [5.74, 6) is -1.12. The first-order valence-electron chi connectivity index (χ1n) is 9.31. The molecule has 0 aromatic carbocycles. The predicted molar refractivity (Wildman–Crippen MR) is 108 cm³/mol. The van der Waals surface area contributed by atoms with Crippen LogP contribution >= 0.6 is 0 Å². The van der Waals surface area contributed by atoms with Crippen LogP contribution in [0.15, 0.2) is 35.5 Å². The van der Waals surface area contributed by atoms with Crippen molar-refractivity contribution in [3.05, 3.63) is 41.7 Å². The van der Waals surface area contributed by atoms with Gasteiger partial charge in [-0.25, -0.2) is 8.42 Å². The zero-order valence-electron chi connectivity index (χ0n) is 17.3. The Bertz CT molecular complexity index is 1360. The Morgan fingerprint density at radius 2 is 1.91 bits per heavy atom. The van der Waals surface area contributed by atoms with E-state index in [2.05, 4.69) is 25.5 Å². The third kappa shape index (κ3) is 4.82. The predicted octanol–water partition coefficient (Wildman–Crippen LogP) is 2.00. The lowest BCUT2D eigenvalue weighted by atomic mass is 10.2. The van der Waals surface area contributed by atoms with Gasteiger partial charge in [0.05, 0.1) is 27.8 Å². The molecule has 0 aliphatic heterocycles. The number of carbonyl (C=O) groups is 1. The number of pyridine rings is 2. The van der Waals surface area contributed by atoms with E-state index >= 15 is 0 Å². The summed E-state index contributed by atoms with van der Waals surface area (Å²) in [6.45, 7) is 1.11. The molecule has 33 heavy (non-hydrogen) atoms. The first kappa shape index (κ1) is 23.8. The third-order valence-electron chi connectivity index (χ3n) is 4.56. The smallest absolute Gasteiger partial charge is 0.339 e. The fraction of sp³-hybridized carbons (Fsp3) is 0.263.